The molecule has 1 saturated heterocycles. The number of likely N-dealkylation sites (tertiary alicyclic amines) is 1. The summed E-state index contributed by atoms with van der Waals surface area (Å²) in [7, 11) is 1.54. The molecule has 1 fully saturated rings. The number of carbonyl (C=O) groups is 2. The van der Waals surface area contributed by atoms with Crippen LogP contribution in [0, 0.1) is 0 Å². The Hall–Kier alpha value is -4.20. The second-order valence-corrected chi connectivity index (χ2v) is 8.49. The van der Waals surface area contributed by atoms with Gasteiger partial charge in [-0.1, -0.05) is 31.9 Å². The zero-order chi connectivity index (χ0) is 25.5. The number of aromatic nitrogens is 2. The lowest BCUT2D eigenvalue weighted by molar-refractivity contribution is -0.140. The van der Waals surface area contributed by atoms with Crippen LogP contribution in [0.1, 0.15) is 48.9 Å². The number of unbranched alkanes of at least 4 members (excludes halogenated alkanes) is 2. The summed E-state index contributed by atoms with van der Waals surface area (Å²) in [6.45, 7) is 2.84. The molecule has 1 atom stereocenters. The molecule has 3 heterocycles. The summed E-state index contributed by atoms with van der Waals surface area (Å²) in [5.74, 6) is -0.640. The first kappa shape index (κ1) is 24.9. The van der Waals surface area contributed by atoms with Crippen LogP contribution in [0.3, 0.4) is 0 Å². The Morgan fingerprint density at radius 3 is 2.53 bits per heavy atom. The molecule has 1 aliphatic heterocycles. The van der Waals surface area contributed by atoms with Crippen molar-refractivity contribution in [3.63, 3.8) is 0 Å². The van der Waals surface area contributed by atoms with E-state index in [0.717, 1.165) is 24.8 Å². The number of amides is 1. The number of pyridine rings is 2. The van der Waals surface area contributed by atoms with Crippen molar-refractivity contribution in [3.8, 4) is 11.5 Å². The third kappa shape index (κ3) is 5.22. The van der Waals surface area contributed by atoms with Crippen molar-refractivity contribution < 1.29 is 24.2 Å². The van der Waals surface area contributed by atoms with Gasteiger partial charge in [0.2, 0.25) is 0 Å². The maximum Gasteiger partial charge on any atom is 0.295 e. The lowest BCUT2D eigenvalue weighted by Gasteiger charge is -2.26. The molecule has 36 heavy (non-hydrogen) atoms. The van der Waals surface area contributed by atoms with Crippen molar-refractivity contribution in [3.05, 3.63) is 89.5 Å². The van der Waals surface area contributed by atoms with E-state index < -0.39 is 17.7 Å². The molecule has 1 N–H and O–H groups in total. The van der Waals surface area contributed by atoms with Crippen molar-refractivity contribution in [2.24, 2.45) is 0 Å². The number of rotatable bonds is 10. The second kappa shape index (κ2) is 11.5. The molecule has 3 aromatic rings. The molecule has 186 valence electrons. The van der Waals surface area contributed by atoms with Gasteiger partial charge in [-0.15, -0.1) is 0 Å². The lowest BCUT2D eigenvalue weighted by atomic mass is 9.95. The number of hydrogen-bond acceptors (Lipinski definition) is 7. The van der Waals surface area contributed by atoms with E-state index in [-0.39, 0.29) is 17.9 Å². The van der Waals surface area contributed by atoms with Gasteiger partial charge < -0.3 is 19.5 Å². The van der Waals surface area contributed by atoms with Crippen LogP contribution in [0.4, 0.5) is 0 Å². The summed E-state index contributed by atoms with van der Waals surface area (Å²) in [5, 5.41) is 11.2. The predicted octanol–water partition coefficient (Wildman–Crippen LogP) is 4.68. The van der Waals surface area contributed by atoms with E-state index in [1.165, 1.54) is 17.3 Å². The first-order valence-electron chi connectivity index (χ1n) is 11.9. The molecule has 1 amide bonds. The maximum atomic E-state index is 13.2. The monoisotopic (exact) mass is 487 g/mol. The van der Waals surface area contributed by atoms with Gasteiger partial charge in [0.1, 0.15) is 5.76 Å². The number of ether oxygens (including phenoxy) is 2. The van der Waals surface area contributed by atoms with Gasteiger partial charge in [-0.2, -0.15) is 0 Å². The van der Waals surface area contributed by atoms with Crippen LogP contribution in [0.25, 0.3) is 5.76 Å². The molecule has 4 rings (SSSR count). The lowest BCUT2D eigenvalue weighted by Crippen LogP contribution is -2.29. The Morgan fingerprint density at radius 1 is 1.03 bits per heavy atom. The second-order valence-electron chi connectivity index (χ2n) is 8.49. The minimum Gasteiger partial charge on any atom is -0.507 e. The fourth-order valence-electron chi connectivity index (χ4n) is 4.25. The molecule has 8 heteroatoms. The minimum absolute atomic E-state index is 0.00811. The number of hydrogen-bond donors (Lipinski definition) is 1. The van der Waals surface area contributed by atoms with Gasteiger partial charge in [0.15, 0.2) is 11.5 Å². The Kier molecular flexibility index (Phi) is 7.95. The third-order valence-corrected chi connectivity index (χ3v) is 6.08. The topological polar surface area (TPSA) is 102 Å². The van der Waals surface area contributed by atoms with Gasteiger partial charge >= 0.3 is 0 Å². The molecular weight excluding hydrogens is 458 g/mol. The Labute approximate surface area is 210 Å². The summed E-state index contributed by atoms with van der Waals surface area (Å²) in [6, 6.07) is 11.3. The van der Waals surface area contributed by atoms with Gasteiger partial charge in [-0.3, -0.25) is 19.6 Å². The third-order valence-electron chi connectivity index (χ3n) is 6.08. The van der Waals surface area contributed by atoms with Crippen molar-refractivity contribution >= 4 is 17.4 Å². The molecule has 8 nitrogen and oxygen atoms in total. The number of aliphatic hydroxyl groups excluding tert-OH is 1. The molecule has 1 aliphatic rings. The normalized spacial score (nSPS) is 16.8. The molecular formula is C28H29N3O5. The van der Waals surface area contributed by atoms with Crippen molar-refractivity contribution in [1.82, 2.24) is 14.9 Å². The number of nitrogens with zero attached hydrogens (tertiary/aromatic N) is 3. The van der Waals surface area contributed by atoms with Crippen LogP contribution < -0.4 is 9.47 Å². The van der Waals surface area contributed by atoms with E-state index in [2.05, 4.69) is 16.9 Å². The fraction of sp³-hybridized carbons (Fsp3) is 0.286. The van der Waals surface area contributed by atoms with Crippen LogP contribution >= 0.6 is 0 Å². The van der Waals surface area contributed by atoms with Crippen molar-refractivity contribution in [2.75, 3.05) is 13.7 Å². The van der Waals surface area contributed by atoms with Crippen LogP contribution in [-0.2, 0) is 16.1 Å². The quantitative estimate of drug-likeness (QED) is 0.192. The summed E-state index contributed by atoms with van der Waals surface area (Å²) in [5.41, 5.74) is 1.79. The Balaban J connectivity index is 1.78. The van der Waals surface area contributed by atoms with Gasteiger partial charge in [-0.05, 0) is 47.9 Å². The van der Waals surface area contributed by atoms with E-state index >= 15 is 0 Å². The minimum atomic E-state index is -0.832. The summed E-state index contributed by atoms with van der Waals surface area (Å²) >= 11 is 0. The summed E-state index contributed by atoms with van der Waals surface area (Å²) in [4.78, 5) is 36.0. The van der Waals surface area contributed by atoms with Gasteiger partial charge in [-0.25, -0.2) is 0 Å². The van der Waals surface area contributed by atoms with E-state index in [9.17, 15) is 14.7 Å². The zero-order valence-electron chi connectivity index (χ0n) is 20.4. The average molecular weight is 488 g/mol. The van der Waals surface area contributed by atoms with Crippen molar-refractivity contribution in [1.29, 1.82) is 0 Å². The number of methoxy groups -OCH3 is 1. The molecule has 0 bridgehead atoms. The highest BCUT2D eigenvalue weighted by Gasteiger charge is 2.46. The molecule has 0 radical (unpaired) electrons. The first-order valence-corrected chi connectivity index (χ1v) is 11.9. The highest BCUT2D eigenvalue weighted by Crippen LogP contribution is 2.42. The Bertz CT molecular complexity index is 1240. The fourth-order valence-corrected chi connectivity index (χ4v) is 4.25. The SMILES string of the molecule is CCCCCOc1ccc(C2C(=C(O)c3ccncc3)C(=O)C(=O)N2Cc2cccnc2)cc1OC. The van der Waals surface area contributed by atoms with Crippen LogP contribution in [-0.4, -0.2) is 45.4 Å². The molecule has 2 aromatic heterocycles. The van der Waals surface area contributed by atoms with Crippen LogP contribution in [0.5, 0.6) is 11.5 Å². The number of carbonyl (C=O) groups excluding carboxylic acids is 2. The Morgan fingerprint density at radius 2 is 1.83 bits per heavy atom. The number of aliphatic hydroxyl groups is 1. The van der Waals surface area contributed by atoms with E-state index in [0.29, 0.717) is 29.2 Å². The average Bonchev–Trinajstić information content (AvgIpc) is 3.16. The summed E-state index contributed by atoms with van der Waals surface area (Å²) < 4.78 is 11.5. The van der Waals surface area contributed by atoms with Crippen LogP contribution in [0.2, 0.25) is 0 Å². The van der Waals surface area contributed by atoms with E-state index in [1.807, 2.05) is 6.07 Å². The molecule has 0 spiro atoms. The standard InChI is InChI=1S/C28H29N3O5/c1-3-4-5-15-36-22-9-8-21(16-23(22)35-2)25-24(26(32)20-10-13-29-14-11-20)27(33)28(34)31(25)18-19-7-6-12-30-17-19/h6-14,16-17,25,32H,3-5,15,18H2,1-2H3. The van der Waals surface area contributed by atoms with Crippen LogP contribution in [0.15, 0.2) is 72.8 Å². The number of Topliss-reactive ketones (excluding diaryl/α,β-unsaturated/α-hetero) is 1. The van der Waals surface area contributed by atoms with E-state index in [1.54, 1.807) is 55.9 Å². The zero-order valence-corrected chi connectivity index (χ0v) is 20.4. The molecule has 0 saturated carbocycles. The predicted molar refractivity (Wildman–Crippen MR) is 134 cm³/mol. The van der Waals surface area contributed by atoms with Gasteiger partial charge in [0.05, 0.1) is 25.3 Å². The first-order chi connectivity index (χ1) is 17.5. The highest BCUT2D eigenvalue weighted by atomic mass is 16.5. The van der Waals surface area contributed by atoms with Gasteiger partial charge in [0, 0.05) is 36.9 Å². The summed E-state index contributed by atoms with van der Waals surface area (Å²) in [6.07, 6.45) is 9.41. The number of benzene rings is 1. The molecule has 0 aliphatic carbocycles. The molecule has 1 aromatic carbocycles. The number of ketones is 1. The highest BCUT2D eigenvalue weighted by molar-refractivity contribution is 6.46. The van der Waals surface area contributed by atoms with E-state index in [4.69, 9.17) is 9.47 Å². The smallest absolute Gasteiger partial charge is 0.295 e. The largest absolute Gasteiger partial charge is 0.507 e. The maximum absolute atomic E-state index is 13.2. The molecule has 1 unspecified atom stereocenters. The van der Waals surface area contributed by atoms with Gasteiger partial charge in [0.25, 0.3) is 11.7 Å². The van der Waals surface area contributed by atoms with Crippen molar-refractivity contribution in [2.45, 2.75) is 38.8 Å².